The molecule has 0 radical (unpaired) electrons. The van der Waals surface area contributed by atoms with Gasteiger partial charge in [0.1, 0.15) is 12.6 Å². The molecular formula is C17H23Cl2N3O4. The summed E-state index contributed by atoms with van der Waals surface area (Å²) in [7, 11) is 3.05. The number of rotatable bonds is 8. The zero-order valence-corrected chi connectivity index (χ0v) is 16.1. The number of ether oxygens (including phenoxy) is 3. The monoisotopic (exact) mass is 403 g/mol. The number of nitrogens with zero attached hydrogens (tertiary/aromatic N) is 1. The topological polar surface area (TPSA) is 95.7 Å². The Morgan fingerprint density at radius 2 is 2.00 bits per heavy atom. The highest BCUT2D eigenvalue weighted by atomic mass is 35.5. The highest BCUT2D eigenvalue weighted by Crippen LogP contribution is 2.30. The number of hydrogen-bond donors (Lipinski definition) is 2. The molecule has 9 heteroatoms. The van der Waals surface area contributed by atoms with E-state index in [4.69, 9.17) is 19.9 Å². The Kier molecular flexibility index (Phi) is 11.3. The van der Waals surface area contributed by atoms with Gasteiger partial charge in [0.2, 0.25) is 5.91 Å². The van der Waals surface area contributed by atoms with Crippen LogP contribution in [-0.2, 0) is 16.1 Å². The number of methoxy groups -OCH3 is 2. The molecule has 1 aromatic heterocycles. The molecule has 2 rings (SSSR count). The van der Waals surface area contributed by atoms with Crippen molar-refractivity contribution in [2.24, 2.45) is 5.73 Å². The number of anilines is 1. The molecule has 1 heterocycles. The predicted molar refractivity (Wildman–Crippen MR) is 105 cm³/mol. The zero-order chi connectivity index (χ0) is 17.4. The van der Waals surface area contributed by atoms with Gasteiger partial charge in [0.25, 0.3) is 0 Å². The number of carbonyl (C=O) groups is 1. The second-order valence-electron chi connectivity index (χ2n) is 5.07. The van der Waals surface area contributed by atoms with Gasteiger partial charge in [-0.05, 0) is 18.2 Å². The summed E-state index contributed by atoms with van der Waals surface area (Å²) >= 11 is 0. The van der Waals surface area contributed by atoms with Crippen LogP contribution in [0.3, 0.4) is 0 Å². The molecule has 144 valence electrons. The molecule has 0 bridgehead atoms. The van der Waals surface area contributed by atoms with Crippen LogP contribution in [0.25, 0.3) is 0 Å². The largest absolute Gasteiger partial charge is 0.493 e. The summed E-state index contributed by atoms with van der Waals surface area (Å²) in [6.07, 6.45) is 3.42. The number of pyridine rings is 1. The van der Waals surface area contributed by atoms with Crippen LogP contribution < -0.4 is 20.5 Å². The van der Waals surface area contributed by atoms with Gasteiger partial charge in [-0.25, -0.2) is 0 Å². The Bertz CT molecular complexity index is 674. The quantitative estimate of drug-likeness (QED) is 0.702. The van der Waals surface area contributed by atoms with E-state index in [0.717, 1.165) is 5.56 Å². The van der Waals surface area contributed by atoms with Crippen LogP contribution in [0.1, 0.15) is 5.56 Å². The van der Waals surface area contributed by atoms with Gasteiger partial charge in [-0.15, -0.1) is 24.8 Å². The van der Waals surface area contributed by atoms with Gasteiger partial charge >= 0.3 is 0 Å². The van der Waals surface area contributed by atoms with Crippen molar-refractivity contribution in [3.05, 3.63) is 48.3 Å². The maximum absolute atomic E-state index is 12.0. The van der Waals surface area contributed by atoms with Gasteiger partial charge in [0.05, 0.1) is 13.7 Å². The van der Waals surface area contributed by atoms with Crippen molar-refractivity contribution >= 4 is 36.4 Å². The molecule has 1 amide bonds. The fourth-order valence-corrected chi connectivity index (χ4v) is 2.00. The molecule has 0 spiro atoms. The van der Waals surface area contributed by atoms with E-state index in [1.807, 2.05) is 12.1 Å². The molecule has 0 fully saturated rings. The molecule has 26 heavy (non-hydrogen) atoms. The van der Waals surface area contributed by atoms with Crippen LogP contribution in [0.15, 0.2) is 42.7 Å². The van der Waals surface area contributed by atoms with Crippen molar-refractivity contribution < 1.29 is 19.0 Å². The third-order valence-electron chi connectivity index (χ3n) is 3.23. The molecular weight excluding hydrogens is 381 g/mol. The maximum Gasteiger partial charge on any atom is 0.243 e. The van der Waals surface area contributed by atoms with Crippen molar-refractivity contribution in [1.29, 1.82) is 0 Å². The lowest BCUT2D eigenvalue weighted by atomic mass is 10.2. The van der Waals surface area contributed by atoms with Crippen LogP contribution in [0.2, 0.25) is 0 Å². The summed E-state index contributed by atoms with van der Waals surface area (Å²) in [5.74, 6) is 0.748. The van der Waals surface area contributed by atoms with Gasteiger partial charge in [-0.1, -0.05) is 6.07 Å². The fraction of sp³-hybridized carbons (Fsp3) is 0.294. The second-order valence-corrected chi connectivity index (χ2v) is 5.07. The lowest BCUT2D eigenvalue weighted by molar-refractivity contribution is -0.118. The fourth-order valence-electron chi connectivity index (χ4n) is 2.00. The van der Waals surface area contributed by atoms with Crippen LogP contribution >= 0.6 is 24.8 Å². The van der Waals surface area contributed by atoms with Crippen molar-refractivity contribution in [3.8, 4) is 11.5 Å². The molecule has 0 saturated heterocycles. The third-order valence-corrected chi connectivity index (χ3v) is 3.23. The highest BCUT2D eigenvalue weighted by molar-refractivity contribution is 5.95. The Labute approximate surface area is 165 Å². The predicted octanol–water partition coefficient (Wildman–Crippen LogP) is 2.43. The van der Waals surface area contributed by atoms with Crippen LogP contribution in [0.5, 0.6) is 11.5 Å². The van der Waals surface area contributed by atoms with E-state index < -0.39 is 6.04 Å². The second kappa shape index (κ2) is 12.3. The first-order valence-corrected chi connectivity index (χ1v) is 7.39. The Morgan fingerprint density at radius 3 is 2.62 bits per heavy atom. The third kappa shape index (κ3) is 7.05. The van der Waals surface area contributed by atoms with Gasteiger partial charge in [0, 0.05) is 36.8 Å². The van der Waals surface area contributed by atoms with Crippen molar-refractivity contribution in [3.63, 3.8) is 0 Å². The maximum atomic E-state index is 12.0. The Morgan fingerprint density at radius 1 is 1.23 bits per heavy atom. The highest BCUT2D eigenvalue weighted by Gasteiger charge is 2.14. The molecule has 0 aliphatic rings. The van der Waals surface area contributed by atoms with Crippen molar-refractivity contribution in [2.75, 3.05) is 26.1 Å². The number of amides is 1. The first-order valence-electron chi connectivity index (χ1n) is 7.39. The first kappa shape index (κ1) is 23.9. The molecule has 0 aliphatic carbocycles. The van der Waals surface area contributed by atoms with E-state index in [2.05, 4.69) is 10.3 Å². The van der Waals surface area contributed by atoms with E-state index in [0.29, 0.717) is 23.8 Å². The number of nitrogens with two attached hydrogens (primary N) is 1. The van der Waals surface area contributed by atoms with Crippen LogP contribution in [0.4, 0.5) is 5.69 Å². The average Bonchev–Trinajstić information content (AvgIpc) is 2.61. The average molecular weight is 404 g/mol. The molecule has 1 atom stereocenters. The minimum absolute atomic E-state index is 0. The molecule has 2 aromatic rings. The summed E-state index contributed by atoms with van der Waals surface area (Å²) in [6, 6.07) is 8.13. The van der Waals surface area contributed by atoms with Crippen LogP contribution in [0, 0.1) is 0 Å². The smallest absolute Gasteiger partial charge is 0.243 e. The number of hydrogen-bond acceptors (Lipinski definition) is 6. The van der Waals surface area contributed by atoms with Gasteiger partial charge in [-0.3, -0.25) is 9.78 Å². The molecule has 0 saturated carbocycles. The molecule has 0 aliphatic heterocycles. The SMILES string of the molecule is COCC(N)C(=O)Nc1ccc(OC)c(OCc2cccnc2)c1.Cl.Cl. The Hall–Kier alpha value is -2.06. The number of benzene rings is 1. The van der Waals surface area contributed by atoms with Gasteiger partial charge in [0.15, 0.2) is 11.5 Å². The normalized spacial score (nSPS) is 10.7. The minimum Gasteiger partial charge on any atom is -0.493 e. The minimum atomic E-state index is -0.739. The lowest BCUT2D eigenvalue weighted by Crippen LogP contribution is -2.39. The van der Waals surface area contributed by atoms with Crippen molar-refractivity contribution in [1.82, 2.24) is 4.98 Å². The standard InChI is InChI=1S/C17H21N3O4.2ClH/c1-22-11-14(18)17(21)20-13-5-6-15(23-2)16(8-13)24-10-12-4-3-7-19-9-12;;/h3-9,14H,10-11,18H2,1-2H3,(H,20,21);2*1H. The van der Waals surface area contributed by atoms with E-state index in [-0.39, 0.29) is 37.3 Å². The van der Waals surface area contributed by atoms with Gasteiger partial charge in [-0.2, -0.15) is 0 Å². The zero-order valence-electron chi connectivity index (χ0n) is 14.5. The molecule has 1 aromatic carbocycles. The summed E-state index contributed by atoms with van der Waals surface area (Å²) < 4.78 is 15.9. The van der Waals surface area contributed by atoms with Crippen molar-refractivity contribution in [2.45, 2.75) is 12.6 Å². The summed E-state index contributed by atoms with van der Waals surface area (Å²) in [4.78, 5) is 16.0. The number of halogens is 2. The van der Waals surface area contributed by atoms with Crippen LogP contribution in [-0.4, -0.2) is 37.8 Å². The summed E-state index contributed by atoms with van der Waals surface area (Å²) in [5, 5.41) is 2.72. The molecule has 7 nitrogen and oxygen atoms in total. The molecule has 1 unspecified atom stereocenters. The van der Waals surface area contributed by atoms with E-state index in [1.165, 1.54) is 7.11 Å². The van der Waals surface area contributed by atoms with E-state index >= 15 is 0 Å². The number of aromatic nitrogens is 1. The van der Waals surface area contributed by atoms with Gasteiger partial charge < -0.3 is 25.3 Å². The van der Waals surface area contributed by atoms with E-state index in [1.54, 1.807) is 37.7 Å². The lowest BCUT2D eigenvalue weighted by Gasteiger charge is -2.14. The first-order chi connectivity index (χ1) is 11.6. The number of carbonyl (C=O) groups excluding carboxylic acids is 1. The summed E-state index contributed by atoms with van der Waals surface area (Å²) in [5.41, 5.74) is 7.19. The summed E-state index contributed by atoms with van der Waals surface area (Å²) in [6.45, 7) is 0.483. The van der Waals surface area contributed by atoms with E-state index in [9.17, 15) is 4.79 Å². The Balaban J connectivity index is 0.00000312. The molecule has 3 N–H and O–H groups in total. The number of nitrogens with one attached hydrogen (secondary N) is 1.